The van der Waals surface area contributed by atoms with Crippen molar-refractivity contribution in [2.45, 2.75) is 19.4 Å². The number of rotatable bonds is 5. The molecule has 0 fully saturated rings. The quantitative estimate of drug-likeness (QED) is 0.868. The Morgan fingerprint density at radius 1 is 1.47 bits per heavy atom. The molecule has 0 saturated carbocycles. The fraction of sp³-hybridized carbons (Fsp3) is 0.462. The predicted octanol–water partition coefficient (Wildman–Crippen LogP) is 2.24. The van der Waals surface area contributed by atoms with Gasteiger partial charge in [-0.15, -0.1) is 0 Å². The zero-order valence-electron chi connectivity index (χ0n) is 10.6. The summed E-state index contributed by atoms with van der Waals surface area (Å²) in [6, 6.07) is 2.48. The van der Waals surface area contributed by atoms with E-state index < -0.39 is 12.0 Å². The van der Waals surface area contributed by atoms with E-state index in [-0.39, 0.29) is 0 Å². The molecule has 19 heavy (non-hydrogen) atoms. The van der Waals surface area contributed by atoms with Crippen molar-refractivity contribution in [3.8, 4) is 11.5 Å². The molecule has 2 rings (SSSR count). The predicted molar refractivity (Wildman–Crippen MR) is 71.1 cm³/mol. The number of benzene rings is 1. The third-order valence-electron chi connectivity index (χ3n) is 2.80. The monoisotopic (exact) mass is 285 g/mol. The molecule has 5 nitrogen and oxygen atoms in total. The highest BCUT2D eigenvalue weighted by Gasteiger charge is 2.24. The number of ether oxygens (including phenoxy) is 2. The van der Waals surface area contributed by atoms with Gasteiger partial charge >= 0.3 is 5.97 Å². The van der Waals surface area contributed by atoms with Gasteiger partial charge in [0.1, 0.15) is 19.3 Å². The number of aliphatic carboxylic acids is 1. The molecule has 0 aliphatic carbocycles. The van der Waals surface area contributed by atoms with Crippen LogP contribution in [0.2, 0.25) is 5.02 Å². The van der Waals surface area contributed by atoms with E-state index in [2.05, 4.69) is 5.32 Å². The van der Waals surface area contributed by atoms with E-state index in [1.165, 1.54) is 0 Å². The Kier molecular flexibility index (Phi) is 4.50. The van der Waals surface area contributed by atoms with Gasteiger partial charge in [-0.1, -0.05) is 18.5 Å². The average molecular weight is 286 g/mol. The summed E-state index contributed by atoms with van der Waals surface area (Å²) in [6.07, 6.45) is 0.849. The summed E-state index contributed by atoms with van der Waals surface area (Å²) in [4.78, 5) is 11.3. The summed E-state index contributed by atoms with van der Waals surface area (Å²) >= 11 is 6.10. The van der Waals surface area contributed by atoms with E-state index in [1.54, 1.807) is 12.1 Å². The summed E-state index contributed by atoms with van der Waals surface area (Å²) in [5, 5.41) is 12.6. The van der Waals surface area contributed by atoms with Crippen molar-refractivity contribution in [2.24, 2.45) is 0 Å². The van der Waals surface area contributed by atoms with Crippen LogP contribution in [0, 0.1) is 0 Å². The van der Waals surface area contributed by atoms with E-state index >= 15 is 0 Å². The fourth-order valence-electron chi connectivity index (χ4n) is 1.93. The van der Waals surface area contributed by atoms with Crippen LogP contribution in [0.1, 0.15) is 24.9 Å². The number of hydrogen-bond donors (Lipinski definition) is 2. The van der Waals surface area contributed by atoms with Crippen molar-refractivity contribution in [3.05, 3.63) is 22.7 Å². The van der Waals surface area contributed by atoms with Crippen molar-refractivity contribution in [1.82, 2.24) is 5.32 Å². The van der Waals surface area contributed by atoms with Crippen molar-refractivity contribution in [3.63, 3.8) is 0 Å². The van der Waals surface area contributed by atoms with E-state index in [1.807, 2.05) is 6.92 Å². The summed E-state index contributed by atoms with van der Waals surface area (Å²) in [6.45, 7) is 3.47. The minimum absolute atomic E-state index is 0.372. The molecule has 1 unspecified atom stereocenters. The van der Waals surface area contributed by atoms with Gasteiger partial charge < -0.3 is 19.9 Å². The molecular weight excluding hydrogens is 270 g/mol. The highest BCUT2D eigenvalue weighted by Crippen LogP contribution is 2.39. The molecule has 0 aromatic heterocycles. The SMILES string of the molecule is CCCNC(C(=O)O)c1cc(Cl)c2c(c1)OCCO2. The molecular formula is C13H16ClNO4. The van der Waals surface area contributed by atoms with Gasteiger partial charge in [-0.25, -0.2) is 0 Å². The maximum Gasteiger partial charge on any atom is 0.325 e. The Balaban J connectivity index is 2.32. The first-order chi connectivity index (χ1) is 9.13. The Bertz CT molecular complexity index is 478. The van der Waals surface area contributed by atoms with Crippen LogP contribution in [0.3, 0.4) is 0 Å². The maximum absolute atomic E-state index is 11.3. The molecule has 1 aromatic rings. The summed E-state index contributed by atoms with van der Waals surface area (Å²) in [5.74, 6) is 0.0378. The number of hydrogen-bond acceptors (Lipinski definition) is 4. The molecule has 0 spiro atoms. The second-order valence-corrected chi connectivity index (χ2v) is 4.66. The van der Waals surface area contributed by atoms with Crippen molar-refractivity contribution in [2.75, 3.05) is 19.8 Å². The Morgan fingerprint density at radius 2 is 2.21 bits per heavy atom. The lowest BCUT2D eigenvalue weighted by molar-refractivity contribution is -0.139. The smallest absolute Gasteiger partial charge is 0.325 e. The first-order valence-electron chi connectivity index (χ1n) is 6.18. The second-order valence-electron chi connectivity index (χ2n) is 4.25. The van der Waals surface area contributed by atoms with E-state index in [4.69, 9.17) is 21.1 Å². The van der Waals surface area contributed by atoms with Gasteiger partial charge in [-0.05, 0) is 30.7 Å². The standard InChI is InChI=1S/C13H16ClNO4/c1-2-3-15-11(13(16)17)8-6-9(14)12-10(7-8)18-4-5-19-12/h6-7,11,15H,2-5H2,1H3,(H,16,17). The summed E-state index contributed by atoms with van der Waals surface area (Å²) in [7, 11) is 0. The zero-order valence-corrected chi connectivity index (χ0v) is 11.4. The first-order valence-corrected chi connectivity index (χ1v) is 6.56. The third kappa shape index (κ3) is 3.11. The van der Waals surface area contributed by atoms with Crippen LogP contribution in [0.4, 0.5) is 0 Å². The van der Waals surface area contributed by atoms with E-state index in [0.717, 1.165) is 6.42 Å². The Hall–Kier alpha value is -1.46. The van der Waals surface area contributed by atoms with Crippen molar-refractivity contribution in [1.29, 1.82) is 0 Å². The molecule has 0 saturated heterocycles. The highest BCUT2D eigenvalue weighted by molar-refractivity contribution is 6.32. The zero-order chi connectivity index (χ0) is 13.8. The lowest BCUT2D eigenvalue weighted by atomic mass is 10.1. The molecule has 0 amide bonds. The van der Waals surface area contributed by atoms with Gasteiger partial charge in [0.2, 0.25) is 0 Å². The highest BCUT2D eigenvalue weighted by atomic mass is 35.5. The van der Waals surface area contributed by atoms with Gasteiger partial charge in [0.15, 0.2) is 11.5 Å². The minimum atomic E-state index is -0.943. The number of fused-ring (bicyclic) bond motifs is 1. The molecule has 0 bridgehead atoms. The van der Waals surface area contributed by atoms with E-state index in [0.29, 0.717) is 41.8 Å². The molecule has 0 radical (unpaired) electrons. The van der Waals surface area contributed by atoms with Crippen LogP contribution in [0.25, 0.3) is 0 Å². The topological polar surface area (TPSA) is 67.8 Å². The van der Waals surface area contributed by atoms with Gasteiger partial charge in [0.25, 0.3) is 0 Å². The average Bonchev–Trinajstić information content (AvgIpc) is 2.39. The molecule has 1 aliphatic heterocycles. The number of nitrogens with one attached hydrogen (secondary N) is 1. The van der Waals surface area contributed by atoms with Gasteiger partial charge in [-0.2, -0.15) is 0 Å². The maximum atomic E-state index is 11.3. The minimum Gasteiger partial charge on any atom is -0.486 e. The first kappa shape index (κ1) is 14.0. The molecule has 6 heteroatoms. The van der Waals surface area contributed by atoms with Crippen LogP contribution in [-0.2, 0) is 4.79 Å². The molecule has 2 N–H and O–H groups in total. The molecule has 1 atom stereocenters. The molecule has 1 aromatic carbocycles. The fourth-order valence-corrected chi connectivity index (χ4v) is 2.21. The van der Waals surface area contributed by atoms with Crippen molar-refractivity contribution < 1.29 is 19.4 Å². The second kappa shape index (κ2) is 6.12. The number of carbonyl (C=O) groups is 1. The normalized spacial score (nSPS) is 15.1. The lowest BCUT2D eigenvalue weighted by Gasteiger charge is -2.22. The van der Waals surface area contributed by atoms with Crippen molar-refractivity contribution >= 4 is 17.6 Å². The molecule has 1 aliphatic rings. The third-order valence-corrected chi connectivity index (χ3v) is 3.08. The van der Waals surface area contributed by atoms with Gasteiger partial charge in [0, 0.05) is 0 Å². The summed E-state index contributed by atoms with van der Waals surface area (Å²) < 4.78 is 10.9. The molecule has 1 heterocycles. The number of halogens is 1. The molecule has 104 valence electrons. The van der Waals surface area contributed by atoms with Crippen LogP contribution < -0.4 is 14.8 Å². The van der Waals surface area contributed by atoms with Crippen LogP contribution in [-0.4, -0.2) is 30.8 Å². The largest absolute Gasteiger partial charge is 0.486 e. The van der Waals surface area contributed by atoms with Gasteiger partial charge in [0.05, 0.1) is 5.02 Å². The van der Waals surface area contributed by atoms with Gasteiger partial charge in [-0.3, -0.25) is 4.79 Å². The van der Waals surface area contributed by atoms with Crippen LogP contribution >= 0.6 is 11.6 Å². The van der Waals surface area contributed by atoms with E-state index in [9.17, 15) is 9.90 Å². The van der Waals surface area contributed by atoms with Crippen LogP contribution in [0.5, 0.6) is 11.5 Å². The van der Waals surface area contributed by atoms with Crippen LogP contribution in [0.15, 0.2) is 12.1 Å². The number of carboxylic acids is 1. The number of carboxylic acid groups (broad SMARTS) is 1. The Labute approximate surface area is 116 Å². The summed E-state index contributed by atoms with van der Waals surface area (Å²) in [5.41, 5.74) is 0.565. The Morgan fingerprint density at radius 3 is 2.89 bits per heavy atom. The lowest BCUT2D eigenvalue weighted by Crippen LogP contribution is -2.29.